The predicted molar refractivity (Wildman–Crippen MR) is 71.3 cm³/mol. The Bertz CT molecular complexity index is 638. The lowest BCUT2D eigenvalue weighted by Gasteiger charge is -2.14. The lowest BCUT2D eigenvalue weighted by molar-refractivity contribution is 0.208. The van der Waals surface area contributed by atoms with E-state index < -0.39 is 16.3 Å². The largest absolute Gasteiger partial charge is 0.369 e. The highest BCUT2D eigenvalue weighted by molar-refractivity contribution is 7.85. The summed E-state index contributed by atoms with van der Waals surface area (Å²) in [6.45, 7) is 0. The van der Waals surface area contributed by atoms with Crippen molar-refractivity contribution in [2.24, 2.45) is 0 Å². The van der Waals surface area contributed by atoms with Crippen molar-refractivity contribution in [1.29, 1.82) is 0 Å². The fourth-order valence-electron chi connectivity index (χ4n) is 1.60. The first-order valence-corrected chi connectivity index (χ1v) is 6.98. The summed E-state index contributed by atoms with van der Waals surface area (Å²) in [4.78, 5) is -0.188. The molecule has 0 amide bonds. The third kappa shape index (κ3) is 3.54. The van der Waals surface area contributed by atoms with Gasteiger partial charge in [0.15, 0.2) is 6.23 Å². The molecule has 0 aliphatic heterocycles. The smallest absolute Gasteiger partial charge is 0.294 e. The molecule has 19 heavy (non-hydrogen) atoms. The van der Waals surface area contributed by atoms with Crippen LogP contribution in [0.25, 0.3) is 0 Å². The van der Waals surface area contributed by atoms with Gasteiger partial charge in [-0.1, -0.05) is 30.3 Å². The van der Waals surface area contributed by atoms with E-state index in [1.165, 1.54) is 24.3 Å². The van der Waals surface area contributed by atoms with Crippen molar-refractivity contribution in [2.75, 3.05) is 5.32 Å². The number of aliphatic hydroxyl groups is 1. The summed E-state index contributed by atoms with van der Waals surface area (Å²) in [6.07, 6.45) is -0.891. The summed E-state index contributed by atoms with van der Waals surface area (Å²) in [5, 5.41) is 12.7. The third-order valence-electron chi connectivity index (χ3n) is 2.57. The van der Waals surface area contributed by atoms with Crippen LogP contribution in [-0.4, -0.2) is 18.1 Å². The second-order valence-corrected chi connectivity index (χ2v) is 5.38. The van der Waals surface area contributed by atoms with E-state index in [1.807, 2.05) is 18.2 Å². The molecule has 0 heterocycles. The van der Waals surface area contributed by atoms with Crippen LogP contribution >= 0.6 is 0 Å². The van der Waals surface area contributed by atoms with Crippen molar-refractivity contribution >= 4 is 15.8 Å². The third-order valence-corrected chi connectivity index (χ3v) is 3.44. The molecule has 0 fully saturated rings. The number of aliphatic hydroxyl groups excluding tert-OH is 1. The van der Waals surface area contributed by atoms with E-state index in [0.29, 0.717) is 11.3 Å². The molecule has 2 aromatic rings. The van der Waals surface area contributed by atoms with E-state index >= 15 is 0 Å². The molecule has 1 unspecified atom stereocenters. The quantitative estimate of drug-likeness (QED) is 0.589. The van der Waals surface area contributed by atoms with Crippen molar-refractivity contribution < 1.29 is 18.1 Å². The molecule has 0 spiro atoms. The Morgan fingerprint density at radius 1 is 0.947 bits per heavy atom. The Labute approximate surface area is 111 Å². The van der Waals surface area contributed by atoms with E-state index in [1.54, 1.807) is 12.1 Å². The summed E-state index contributed by atoms with van der Waals surface area (Å²) in [5.41, 5.74) is 1.24. The maximum Gasteiger partial charge on any atom is 0.294 e. The molecule has 1 atom stereocenters. The first-order valence-electron chi connectivity index (χ1n) is 5.54. The van der Waals surface area contributed by atoms with Gasteiger partial charge in [0.25, 0.3) is 10.1 Å². The monoisotopic (exact) mass is 279 g/mol. The second kappa shape index (κ2) is 5.40. The lowest BCUT2D eigenvalue weighted by Crippen LogP contribution is -2.09. The van der Waals surface area contributed by atoms with Crippen LogP contribution in [0.1, 0.15) is 11.8 Å². The van der Waals surface area contributed by atoms with Crippen LogP contribution in [0.5, 0.6) is 0 Å². The number of hydrogen-bond donors (Lipinski definition) is 3. The van der Waals surface area contributed by atoms with Gasteiger partial charge in [0.1, 0.15) is 0 Å². The van der Waals surface area contributed by atoms with Crippen LogP contribution in [-0.2, 0) is 10.1 Å². The van der Waals surface area contributed by atoms with Crippen molar-refractivity contribution in [3.63, 3.8) is 0 Å². The molecule has 3 N–H and O–H groups in total. The van der Waals surface area contributed by atoms with Gasteiger partial charge >= 0.3 is 0 Å². The minimum atomic E-state index is -4.19. The summed E-state index contributed by atoms with van der Waals surface area (Å²) in [7, 11) is -4.19. The molecular weight excluding hydrogens is 266 g/mol. The predicted octanol–water partition coefficient (Wildman–Crippen LogP) is 2.04. The molecule has 0 aliphatic rings. The van der Waals surface area contributed by atoms with Gasteiger partial charge in [-0.3, -0.25) is 4.55 Å². The first-order chi connectivity index (χ1) is 8.97. The van der Waals surface area contributed by atoms with Gasteiger partial charge in [-0.2, -0.15) is 8.42 Å². The van der Waals surface area contributed by atoms with Gasteiger partial charge in [-0.15, -0.1) is 0 Å². The standard InChI is InChI=1S/C13H13NO4S/c15-13(10-4-2-1-3-5-10)14-11-6-8-12(9-7-11)19(16,17)18/h1-9,13-15H,(H,16,17,18). The van der Waals surface area contributed by atoms with Gasteiger partial charge in [0, 0.05) is 11.3 Å². The minimum Gasteiger partial charge on any atom is -0.369 e. The van der Waals surface area contributed by atoms with Crippen LogP contribution in [0.4, 0.5) is 5.69 Å². The van der Waals surface area contributed by atoms with Crippen molar-refractivity contribution in [2.45, 2.75) is 11.1 Å². The molecule has 6 heteroatoms. The summed E-state index contributed by atoms with van der Waals surface area (Å²) < 4.78 is 30.6. The van der Waals surface area contributed by atoms with E-state index in [9.17, 15) is 13.5 Å². The van der Waals surface area contributed by atoms with Gasteiger partial charge in [0.05, 0.1) is 4.90 Å². The molecule has 0 bridgehead atoms. The SMILES string of the molecule is O=S(=O)(O)c1ccc(NC(O)c2ccccc2)cc1. The maximum absolute atomic E-state index is 10.9. The Balaban J connectivity index is 2.12. The van der Waals surface area contributed by atoms with Crippen LogP contribution < -0.4 is 5.32 Å². The Hall–Kier alpha value is -1.89. The Morgan fingerprint density at radius 2 is 1.53 bits per heavy atom. The number of nitrogens with one attached hydrogen (secondary N) is 1. The highest BCUT2D eigenvalue weighted by atomic mass is 32.2. The van der Waals surface area contributed by atoms with Gasteiger partial charge in [-0.05, 0) is 24.3 Å². The molecular formula is C13H13NO4S. The maximum atomic E-state index is 10.9. The van der Waals surface area contributed by atoms with Crippen molar-refractivity contribution in [1.82, 2.24) is 0 Å². The highest BCUT2D eigenvalue weighted by Gasteiger charge is 2.10. The van der Waals surface area contributed by atoms with Crippen molar-refractivity contribution in [3.8, 4) is 0 Å². The zero-order valence-corrected chi connectivity index (χ0v) is 10.7. The minimum absolute atomic E-state index is 0.188. The average Bonchev–Trinajstić information content (AvgIpc) is 2.39. The molecule has 0 aromatic heterocycles. The summed E-state index contributed by atoms with van der Waals surface area (Å²) in [5.74, 6) is 0. The highest BCUT2D eigenvalue weighted by Crippen LogP contribution is 2.19. The van der Waals surface area contributed by atoms with Crippen LogP contribution in [0, 0.1) is 0 Å². The normalized spacial score (nSPS) is 12.9. The van der Waals surface area contributed by atoms with Crippen LogP contribution in [0.15, 0.2) is 59.5 Å². The van der Waals surface area contributed by atoms with E-state index in [0.717, 1.165) is 0 Å². The molecule has 5 nitrogen and oxygen atoms in total. The zero-order chi connectivity index (χ0) is 13.9. The summed E-state index contributed by atoms with van der Waals surface area (Å²) >= 11 is 0. The molecule has 0 saturated carbocycles. The second-order valence-electron chi connectivity index (χ2n) is 3.96. The molecule has 100 valence electrons. The number of benzene rings is 2. The lowest BCUT2D eigenvalue weighted by atomic mass is 10.2. The first kappa shape index (κ1) is 13.5. The Kier molecular flexibility index (Phi) is 3.84. The van der Waals surface area contributed by atoms with Gasteiger partial charge in [-0.25, -0.2) is 0 Å². The van der Waals surface area contributed by atoms with E-state index in [-0.39, 0.29) is 4.90 Å². The summed E-state index contributed by atoms with van der Waals surface area (Å²) in [6, 6.07) is 14.4. The average molecular weight is 279 g/mol. The van der Waals surface area contributed by atoms with Crippen LogP contribution in [0.3, 0.4) is 0 Å². The van der Waals surface area contributed by atoms with E-state index in [2.05, 4.69) is 5.32 Å². The number of rotatable bonds is 4. The topological polar surface area (TPSA) is 86.6 Å². The molecule has 0 radical (unpaired) electrons. The van der Waals surface area contributed by atoms with Crippen molar-refractivity contribution in [3.05, 3.63) is 60.2 Å². The van der Waals surface area contributed by atoms with E-state index in [4.69, 9.17) is 4.55 Å². The molecule has 0 aliphatic carbocycles. The van der Waals surface area contributed by atoms with Gasteiger partial charge in [0.2, 0.25) is 0 Å². The zero-order valence-electron chi connectivity index (χ0n) is 9.89. The molecule has 0 saturated heterocycles. The van der Waals surface area contributed by atoms with Crippen LogP contribution in [0.2, 0.25) is 0 Å². The fourth-order valence-corrected chi connectivity index (χ4v) is 2.08. The number of anilines is 1. The molecule has 2 aromatic carbocycles. The fraction of sp³-hybridized carbons (Fsp3) is 0.0769. The van der Waals surface area contributed by atoms with Gasteiger partial charge < -0.3 is 10.4 Å². The Morgan fingerprint density at radius 3 is 2.05 bits per heavy atom. The molecule has 2 rings (SSSR count). The number of hydrogen-bond acceptors (Lipinski definition) is 4.